The van der Waals surface area contributed by atoms with E-state index < -0.39 is 29.7 Å². The number of carbonyl (C=O) groups excluding carboxylic acids is 1. The van der Waals surface area contributed by atoms with Gasteiger partial charge in [-0.15, -0.1) is 11.3 Å². The van der Waals surface area contributed by atoms with E-state index in [-0.39, 0.29) is 10.8 Å². The number of halogens is 4. The van der Waals surface area contributed by atoms with Crippen LogP contribution >= 0.6 is 11.3 Å². The number of thiazole rings is 1. The summed E-state index contributed by atoms with van der Waals surface area (Å²) in [6.07, 6.45) is -7.22. The molecule has 1 aliphatic rings. The van der Waals surface area contributed by atoms with Crippen LogP contribution in [0.15, 0.2) is 29.4 Å². The van der Waals surface area contributed by atoms with E-state index in [0.29, 0.717) is 5.69 Å². The summed E-state index contributed by atoms with van der Waals surface area (Å²) in [4.78, 5) is 17.1. The lowest BCUT2D eigenvalue weighted by molar-refractivity contribution is -0.391. The van der Waals surface area contributed by atoms with Crippen molar-refractivity contribution in [1.82, 2.24) is 9.88 Å². The largest absolute Gasteiger partial charge is 0.507 e. The number of urea groups is 1. The number of aryl methyl sites for hydroxylation is 1. The number of carbonyl (C=O) groups is 1. The Morgan fingerprint density at radius 1 is 1.25 bits per heavy atom. The molecule has 0 bridgehead atoms. The van der Waals surface area contributed by atoms with Gasteiger partial charge in [0, 0.05) is 23.2 Å². The summed E-state index contributed by atoms with van der Waals surface area (Å²) in [6.45, 7) is 5.52. The van der Waals surface area contributed by atoms with E-state index >= 15 is 0 Å². The van der Waals surface area contributed by atoms with E-state index in [4.69, 9.17) is 0 Å². The van der Waals surface area contributed by atoms with Crippen LogP contribution < -0.4 is 19.6 Å². The van der Waals surface area contributed by atoms with Crippen LogP contribution in [0.2, 0.25) is 0 Å². The van der Waals surface area contributed by atoms with Crippen LogP contribution in [0.5, 0.6) is 11.5 Å². The molecule has 6 nitrogen and oxygen atoms in total. The van der Waals surface area contributed by atoms with Crippen molar-refractivity contribution in [2.75, 3.05) is 0 Å². The molecule has 2 aromatic rings. The summed E-state index contributed by atoms with van der Waals surface area (Å²) in [5.41, 5.74) is 0.294. The second-order valence-corrected chi connectivity index (χ2v) is 7.45. The van der Waals surface area contributed by atoms with Crippen LogP contribution in [-0.4, -0.2) is 28.9 Å². The third kappa shape index (κ3) is 3.84. The summed E-state index contributed by atoms with van der Waals surface area (Å²) >= 11 is 1.20. The number of hydrogen-bond donors (Lipinski definition) is 1. The first-order chi connectivity index (χ1) is 13.0. The molecule has 1 aromatic carbocycles. The van der Waals surface area contributed by atoms with Gasteiger partial charge in [0.2, 0.25) is 0 Å². The maximum Gasteiger partial charge on any atom is 0.507 e. The molecule has 0 saturated heterocycles. The van der Waals surface area contributed by atoms with E-state index in [1.165, 1.54) is 22.0 Å². The first kappa shape index (κ1) is 20.2. The van der Waals surface area contributed by atoms with E-state index in [2.05, 4.69) is 19.8 Å². The second kappa shape index (κ2) is 7.12. The maximum atomic E-state index is 13.4. The van der Waals surface area contributed by atoms with Crippen LogP contribution in [0.4, 0.5) is 22.4 Å². The molecule has 1 aromatic heterocycles. The van der Waals surface area contributed by atoms with Gasteiger partial charge in [0.05, 0.1) is 5.69 Å². The van der Waals surface area contributed by atoms with Crippen LogP contribution in [-0.2, 0) is 0 Å². The molecule has 1 aliphatic heterocycles. The van der Waals surface area contributed by atoms with Crippen LogP contribution in [0, 0.1) is 6.92 Å². The van der Waals surface area contributed by atoms with Gasteiger partial charge in [0.25, 0.3) is 0 Å². The number of nitrogens with one attached hydrogen (secondary N) is 1. The lowest BCUT2D eigenvalue weighted by Gasteiger charge is -2.31. The molecule has 3 rings (SSSR count). The molecular formula is C17H17F4N3O3S. The highest BCUT2D eigenvalue weighted by Gasteiger charge is 2.65. The predicted molar refractivity (Wildman–Crippen MR) is 93.4 cm³/mol. The van der Waals surface area contributed by atoms with Gasteiger partial charge < -0.3 is 14.8 Å². The Hall–Kier alpha value is -2.56. The molecule has 0 saturated carbocycles. The minimum atomic E-state index is -4.81. The zero-order chi connectivity index (χ0) is 20.7. The average Bonchev–Trinajstić information content (AvgIpc) is 2.94. The smallest absolute Gasteiger partial charge is 0.421 e. The molecule has 0 spiro atoms. The number of rotatable bonds is 3. The van der Waals surface area contributed by atoms with Crippen LogP contribution in [0.1, 0.15) is 25.1 Å². The molecule has 11 heteroatoms. The molecule has 0 aliphatic carbocycles. The molecular weight excluding hydrogens is 402 g/mol. The molecule has 1 unspecified atom stereocenters. The van der Waals surface area contributed by atoms with E-state index in [9.17, 15) is 22.4 Å². The first-order valence-electron chi connectivity index (χ1n) is 8.35. The summed E-state index contributed by atoms with van der Waals surface area (Å²) < 4.78 is 63.1. The molecule has 152 valence electrons. The second-order valence-electron chi connectivity index (χ2n) is 6.23. The van der Waals surface area contributed by atoms with Crippen molar-refractivity contribution in [3.63, 3.8) is 0 Å². The average molecular weight is 419 g/mol. The zero-order valence-corrected chi connectivity index (χ0v) is 15.9. The van der Waals surface area contributed by atoms with Crippen molar-refractivity contribution < 1.29 is 31.8 Å². The highest BCUT2D eigenvalue weighted by Crippen LogP contribution is 2.47. The summed E-state index contributed by atoms with van der Waals surface area (Å²) in [7, 11) is 0. The Bertz CT molecular complexity index is 971. The standard InChI is InChI=1S/C17H17F4N3O3S/c1-4-9(2)22-14(25)23-15-24(8-10(3)28-15)11-5-6-12-13(7-11)27-17(20,21)16(18,19)26-12/h5-9H,4H2,1-3H3,(H,22,25)/b23-15-. The monoisotopic (exact) mass is 419 g/mol. The Labute approximate surface area is 161 Å². The van der Waals surface area contributed by atoms with Gasteiger partial charge in [-0.05, 0) is 32.4 Å². The van der Waals surface area contributed by atoms with Gasteiger partial charge in [-0.1, -0.05) is 6.92 Å². The predicted octanol–water partition coefficient (Wildman–Crippen LogP) is 4.21. The maximum absolute atomic E-state index is 13.4. The topological polar surface area (TPSA) is 64.9 Å². The van der Waals surface area contributed by atoms with Gasteiger partial charge in [0.1, 0.15) is 0 Å². The summed E-state index contributed by atoms with van der Waals surface area (Å²) in [6, 6.07) is 2.98. The fourth-order valence-electron chi connectivity index (χ4n) is 2.36. The lowest BCUT2D eigenvalue weighted by atomic mass is 10.2. The normalized spacial score (nSPS) is 18.6. The van der Waals surface area contributed by atoms with Gasteiger partial charge in [-0.3, -0.25) is 4.57 Å². The molecule has 1 N–H and O–H groups in total. The number of benzene rings is 1. The third-order valence-electron chi connectivity index (χ3n) is 3.97. The fraction of sp³-hybridized carbons (Fsp3) is 0.412. The fourth-order valence-corrected chi connectivity index (χ4v) is 3.19. The number of nitrogens with zero attached hydrogens (tertiary/aromatic N) is 2. The summed E-state index contributed by atoms with van der Waals surface area (Å²) in [5.74, 6) is -1.06. The quantitative estimate of drug-likeness (QED) is 0.758. The van der Waals surface area contributed by atoms with Crippen LogP contribution in [0.25, 0.3) is 5.69 Å². The molecule has 1 atom stereocenters. The zero-order valence-electron chi connectivity index (χ0n) is 15.1. The number of hydrogen-bond acceptors (Lipinski definition) is 4. The Balaban J connectivity index is 1.99. The van der Waals surface area contributed by atoms with Crippen molar-refractivity contribution >= 4 is 17.4 Å². The van der Waals surface area contributed by atoms with E-state index in [1.807, 2.05) is 13.8 Å². The SMILES string of the molecule is CCC(C)NC(=O)/N=c1\sc(C)cn1-c1ccc2c(c1)OC(F)(F)C(F)(F)O2. The Morgan fingerprint density at radius 3 is 2.54 bits per heavy atom. The minimum absolute atomic E-state index is 0.0658. The number of fused-ring (bicyclic) bond motifs is 1. The van der Waals surface area contributed by atoms with Crippen molar-refractivity contribution in [2.45, 2.75) is 45.5 Å². The van der Waals surface area contributed by atoms with Gasteiger partial charge in [-0.25, -0.2) is 4.79 Å². The number of amides is 2. The van der Waals surface area contributed by atoms with Crippen molar-refractivity contribution in [3.8, 4) is 17.2 Å². The van der Waals surface area contributed by atoms with Crippen molar-refractivity contribution in [3.05, 3.63) is 34.1 Å². The van der Waals surface area contributed by atoms with Gasteiger partial charge >= 0.3 is 18.2 Å². The Morgan fingerprint density at radius 2 is 1.89 bits per heavy atom. The molecule has 0 radical (unpaired) electrons. The summed E-state index contributed by atoms with van der Waals surface area (Å²) in [5, 5.41) is 2.70. The number of aromatic nitrogens is 1. The molecule has 28 heavy (non-hydrogen) atoms. The van der Waals surface area contributed by atoms with Gasteiger partial charge in [-0.2, -0.15) is 22.6 Å². The molecule has 0 fully saturated rings. The van der Waals surface area contributed by atoms with E-state index in [1.54, 1.807) is 13.1 Å². The highest BCUT2D eigenvalue weighted by atomic mass is 32.1. The van der Waals surface area contributed by atoms with Crippen molar-refractivity contribution in [2.24, 2.45) is 4.99 Å². The van der Waals surface area contributed by atoms with E-state index in [0.717, 1.165) is 23.4 Å². The highest BCUT2D eigenvalue weighted by molar-refractivity contribution is 7.09. The van der Waals surface area contributed by atoms with Gasteiger partial charge in [0.15, 0.2) is 16.3 Å². The number of ether oxygens (including phenoxy) is 2. The van der Waals surface area contributed by atoms with Crippen LogP contribution in [0.3, 0.4) is 0 Å². The number of alkyl halides is 4. The molecule has 2 amide bonds. The Kier molecular flexibility index (Phi) is 5.13. The first-order valence-corrected chi connectivity index (χ1v) is 9.16. The minimum Gasteiger partial charge on any atom is -0.421 e. The molecule has 2 heterocycles. The third-order valence-corrected chi connectivity index (χ3v) is 4.87. The lowest BCUT2D eigenvalue weighted by Crippen LogP contribution is -2.52. The van der Waals surface area contributed by atoms with Crippen molar-refractivity contribution in [1.29, 1.82) is 0 Å².